The molecule has 0 radical (unpaired) electrons. The molecule has 0 aromatic heterocycles. The maximum absolute atomic E-state index is 12.1. The van der Waals surface area contributed by atoms with Crippen LogP contribution >= 0.6 is 0 Å². The third kappa shape index (κ3) is 6.43. The van der Waals surface area contributed by atoms with E-state index in [0.29, 0.717) is 13.1 Å². The summed E-state index contributed by atoms with van der Waals surface area (Å²) in [6, 6.07) is -0.897. The van der Waals surface area contributed by atoms with Crippen LogP contribution in [-0.2, 0) is 19.1 Å². The second kappa shape index (κ2) is 7.58. The monoisotopic (exact) mass is 314 g/mol. The summed E-state index contributed by atoms with van der Waals surface area (Å²) < 4.78 is 10.3. The molecule has 1 heterocycles. The first kappa shape index (κ1) is 18.4. The van der Waals surface area contributed by atoms with Gasteiger partial charge in [0.2, 0.25) is 0 Å². The van der Waals surface area contributed by atoms with Crippen LogP contribution in [0.25, 0.3) is 0 Å². The molecule has 0 bridgehead atoms. The maximum Gasteiger partial charge on any atom is 0.408 e. The molecule has 1 saturated heterocycles. The second-order valence-electron chi connectivity index (χ2n) is 6.71. The lowest BCUT2D eigenvalue weighted by atomic mass is 9.98. The number of hydrogen-bond donors (Lipinski definition) is 2. The quantitative estimate of drug-likeness (QED) is 0.736. The number of amides is 1. The standard InChI is InChI=1S/C15H26N2O5/c1-9(2)21-13(19)11(6-10-7-16-8-12(10)18)17-14(20)22-15(3,4)5/h9-11,16H,6-8H2,1-5H3,(H,17,20)/t10-,11-/m0/s1. The Morgan fingerprint density at radius 3 is 2.45 bits per heavy atom. The smallest absolute Gasteiger partial charge is 0.408 e. The number of carbonyl (C=O) groups is 3. The van der Waals surface area contributed by atoms with Crippen molar-refractivity contribution in [1.29, 1.82) is 0 Å². The van der Waals surface area contributed by atoms with Crippen LogP contribution in [-0.4, -0.2) is 48.7 Å². The Morgan fingerprint density at radius 1 is 1.36 bits per heavy atom. The molecule has 1 rings (SSSR count). The highest BCUT2D eigenvalue weighted by atomic mass is 16.6. The van der Waals surface area contributed by atoms with Crippen molar-refractivity contribution in [1.82, 2.24) is 10.6 Å². The summed E-state index contributed by atoms with van der Waals surface area (Å²) in [4.78, 5) is 35.7. The van der Waals surface area contributed by atoms with Crippen LogP contribution < -0.4 is 10.6 Å². The van der Waals surface area contributed by atoms with Crippen molar-refractivity contribution < 1.29 is 23.9 Å². The molecule has 1 aliphatic rings. The number of rotatable bonds is 5. The lowest BCUT2D eigenvalue weighted by Gasteiger charge is -2.24. The minimum absolute atomic E-state index is 0.0355. The van der Waals surface area contributed by atoms with E-state index >= 15 is 0 Å². The molecule has 1 aliphatic heterocycles. The van der Waals surface area contributed by atoms with Gasteiger partial charge in [0.05, 0.1) is 12.6 Å². The molecule has 2 atom stereocenters. The number of alkyl carbamates (subject to hydrolysis) is 1. The van der Waals surface area contributed by atoms with Crippen LogP contribution in [0.1, 0.15) is 41.0 Å². The highest BCUT2D eigenvalue weighted by Crippen LogP contribution is 2.14. The van der Waals surface area contributed by atoms with E-state index in [0.717, 1.165) is 0 Å². The van der Waals surface area contributed by atoms with Gasteiger partial charge in [0, 0.05) is 12.5 Å². The Bertz CT molecular complexity index is 428. The Morgan fingerprint density at radius 2 is 2.00 bits per heavy atom. The van der Waals surface area contributed by atoms with Gasteiger partial charge < -0.3 is 20.1 Å². The summed E-state index contributed by atoms with van der Waals surface area (Å²) in [6.45, 7) is 9.45. The third-order valence-electron chi connectivity index (χ3n) is 2.99. The average Bonchev–Trinajstić information content (AvgIpc) is 2.70. The van der Waals surface area contributed by atoms with E-state index in [-0.39, 0.29) is 24.2 Å². The fraction of sp³-hybridized carbons (Fsp3) is 0.800. The molecule has 7 heteroatoms. The molecule has 126 valence electrons. The number of carbonyl (C=O) groups excluding carboxylic acids is 3. The van der Waals surface area contributed by atoms with Crippen LogP contribution in [0.4, 0.5) is 4.79 Å². The molecular weight excluding hydrogens is 288 g/mol. The first-order valence-electron chi connectivity index (χ1n) is 7.52. The van der Waals surface area contributed by atoms with E-state index in [1.807, 2.05) is 0 Å². The summed E-state index contributed by atoms with van der Waals surface area (Å²) in [5.74, 6) is -0.825. The zero-order valence-corrected chi connectivity index (χ0v) is 13.9. The summed E-state index contributed by atoms with van der Waals surface area (Å²) in [5, 5.41) is 5.46. The van der Waals surface area contributed by atoms with Gasteiger partial charge in [-0.25, -0.2) is 9.59 Å². The Hall–Kier alpha value is -1.63. The van der Waals surface area contributed by atoms with E-state index in [2.05, 4.69) is 10.6 Å². The van der Waals surface area contributed by atoms with Gasteiger partial charge in [0.25, 0.3) is 0 Å². The fourth-order valence-electron chi connectivity index (χ4n) is 2.11. The molecule has 2 N–H and O–H groups in total. The first-order valence-corrected chi connectivity index (χ1v) is 7.52. The van der Waals surface area contributed by atoms with Crippen molar-refractivity contribution in [2.45, 2.75) is 58.8 Å². The second-order valence-corrected chi connectivity index (χ2v) is 6.71. The van der Waals surface area contributed by atoms with Crippen molar-refractivity contribution in [2.24, 2.45) is 5.92 Å². The van der Waals surface area contributed by atoms with Crippen molar-refractivity contribution in [2.75, 3.05) is 13.1 Å². The van der Waals surface area contributed by atoms with E-state index in [9.17, 15) is 14.4 Å². The highest BCUT2D eigenvalue weighted by Gasteiger charge is 2.33. The number of nitrogens with one attached hydrogen (secondary N) is 2. The first-order chi connectivity index (χ1) is 10.1. The Kier molecular flexibility index (Phi) is 6.34. The normalized spacial score (nSPS) is 19.9. The predicted molar refractivity (Wildman–Crippen MR) is 80.4 cm³/mol. The SMILES string of the molecule is CC(C)OC(=O)[C@H](C[C@H]1CNCC1=O)NC(=O)OC(C)(C)C. The fourth-order valence-corrected chi connectivity index (χ4v) is 2.11. The molecule has 0 saturated carbocycles. The average molecular weight is 314 g/mol. The summed E-state index contributed by atoms with van der Waals surface area (Å²) in [5.41, 5.74) is -0.665. The number of Topliss-reactive ketones (excluding diaryl/α,β-unsaturated/α-hetero) is 1. The van der Waals surface area contributed by atoms with E-state index in [4.69, 9.17) is 9.47 Å². The highest BCUT2D eigenvalue weighted by molar-refractivity contribution is 5.87. The molecule has 0 spiro atoms. The van der Waals surface area contributed by atoms with Crippen LogP contribution in [0.2, 0.25) is 0 Å². The summed E-state index contributed by atoms with van der Waals surface area (Å²) >= 11 is 0. The Labute approximate surface area is 131 Å². The molecule has 1 amide bonds. The topological polar surface area (TPSA) is 93.7 Å². The molecule has 0 aliphatic carbocycles. The number of ether oxygens (including phenoxy) is 2. The van der Waals surface area contributed by atoms with Gasteiger partial charge in [-0.3, -0.25) is 4.79 Å². The van der Waals surface area contributed by atoms with Crippen molar-refractivity contribution in [3.63, 3.8) is 0 Å². The van der Waals surface area contributed by atoms with E-state index < -0.39 is 23.7 Å². The van der Waals surface area contributed by atoms with Crippen molar-refractivity contribution in [3.05, 3.63) is 0 Å². The van der Waals surface area contributed by atoms with Crippen molar-refractivity contribution >= 4 is 17.8 Å². The van der Waals surface area contributed by atoms with Gasteiger partial charge in [0.1, 0.15) is 11.6 Å². The molecular formula is C15H26N2O5. The zero-order valence-electron chi connectivity index (χ0n) is 13.9. The molecule has 0 aromatic carbocycles. The number of ketones is 1. The molecule has 1 fully saturated rings. The van der Waals surface area contributed by atoms with Crippen LogP contribution in [0.15, 0.2) is 0 Å². The third-order valence-corrected chi connectivity index (χ3v) is 2.99. The maximum atomic E-state index is 12.1. The van der Waals surface area contributed by atoms with Gasteiger partial charge in [-0.15, -0.1) is 0 Å². The minimum Gasteiger partial charge on any atom is -0.461 e. The minimum atomic E-state index is -0.897. The lowest BCUT2D eigenvalue weighted by Crippen LogP contribution is -2.46. The van der Waals surface area contributed by atoms with E-state index in [1.54, 1.807) is 34.6 Å². The molecule has 7 nitrogen and oxygen atoms in total. The number of hydrogen-bond acceptors (Lipinski definition) is 6. The van der Waals surface area contributed by atoms with Gasteiger partial charge in [-0.2, -0.15) is 0 Å². The van der Waals surface area contributed by atoms with Gasteiger partial charge in [-0.1, -0.05) is 0 Å². The largest absolute Gasteiger partial charge is 0.461 e. The summed E-state index contributed by atoms with van der Waals surface area (Å²) in [6.07, 6.45) is -0.791. The molecule has 22 heavy (non-hydrogen) atoms. The molecule has 0 unspecified atom stereocenters. The molecule has 0 aromatic rings. The summed E-state index contributed by atoms with van der Waals surface area (Å²) in [7, 11) is 0. The van der Waals surface area contributed by atoms with Crippen LogP contribution in [0, 0.1) is 5.92 Å². The van der Waals surface area contributed by atoms with E-state index in [1.165, 1.54) is 0 Å². The predicted octanol–water partition coefficient (Wildman–Crippen LogP) is 1.01. The van der Waals surface area contributed by atoms with Crippen LogP contribution in [0.5, 0.6) is 0 Å². The lowest BCUT2D eigenvalue weighted by molar-refractivity contribution is -0.150. The van der Waals surface area contributed by atoms with Gasteiger partial charge >= 0.3 is 12.1 Å². The van der Waals surface area contributed by atoms with Gasteiger partial charge in [0.15, 0.2) is 5.78 Å². The number of esters is 1. The van der Waals surface area contributed by atoms with Gasteiger partial charge in [-0.05, 0) is 41.0 Å². The van der Waals surface area contributed by atoms with Crippen LogP contribution in [0.3, 0.4) is 0 Å². The Balaban J connectivity index is 2.70. The van der Waals surface area contributed by atoms with Crippen molar-refractivity contribution in [3.8, 4) is 0 Å². The zero-order chi connectivity index (χ0) is 16.9.